The van der Waals surface area contributed by atoms with Gasteiger partial charge in [-0.1, -0.05) is 66.7 Å². The molecule has 0 saturated heterocycles. The van der Waals surface area contributed by atoms with Gasteiger partial charge in [-0.05, 0) is 39.9 Å². The Hall–Kier alpha value is -4.24. The maximum Gasteiger partial charge on any atom is 0.0769 e. The summed E-state index contributed by atoms with van der Waals surface area (Å²) in [5.74, 6) is 0. The van der Waals surface area contributed by atoms with Crippen LogP contribution in [0.15, 0.2) is 104 Å². The molecule has 4 heterocycles. The Labute approximate surface area is 184 Å². The monoisotopic (exact) mass is 407 g/mol. The number of nitrogens with zero attached hydrogens (tertiary/aromatic N) is 3. The molecular weight excluding hydrogens is 390 g/mol. The zero-order chi connectivity index (χ0) is 20.9. The van der Waals surface area contributed by atoms with E-state index < -0.39 is 5.41 Å². The van der Waals surface area contributed by atoms with Crippen LogP contribution in [-0.4, -0.2) is 14.5 Å². The first-order valence-corrected chi connectivity index (χ1v) is 10.9. The fourth-order valence-corrected chi connectivity index (χ4v) is 6.30. The Morgan fingerprint density at radius 3 is 2.06 bits per heavy atom. The fourth-order valence-electron chi connectivity index (χ4n) is 6.30. The predicted molar refractivity (Wildman–Crippen MR) is 127 cm³/mol. The molecule has 0 unspecified atom stereocenters. The maximum atomic E-state index is 4.64. The molecule has 3 heteroatoms. The van der Waals surface area contributed by atoms with Crippen molar-refractivity contribution < 1.29 is 0 Å². The molecule has 2 aliphatic rings. The molecule has 0 atom stereocenters. The highest BCUT2D eigenvalue weighted by Crippen LogP contribution is 2.60. The minimum Gasteiger partial charge on any atom is -0.308 e. The van der Waals surface area contributed by atoms with Crippen molar-refractivity contribution in [3.63, 3.8) is 0 Å². The first-order chi connectivity index (χ1) is 15.9. The molecule has 0 fully saturated rings. The summed E-state index contributed by atoms with van der Waals surface area (Å²) in [6.07, 6.45) is 7.86. The van der Waals surface area contributed by atoms with E-state index in [9.17, 15) is 0 Å². The SMILES string of the molecule is c1ccc2c(c1)-c1ccccc1C21c2cnccc2-n2c3ccncc3c3cccc1c32. The van der Waals surface area contributed by atoms with Gasteiger partial charge in [-0.25, -0.2) is 0 Å². The number of rotatable bonds is 0. The lowest BCUT2D eigenvalue weighted by molar-refractivity contribution is 0.742. The molecule has 0 radical (unpaired) electrons. The lowest BCUT2D eigenvalue weighted by atomic mass is 9.66. The van der Waals surface area contributed by atoms with Crippen molar-refractivity contribution >= 4 is 21.8 Å². The van der Waals surface area contributed by atoms with Gasteiger partial charge in [-0.2, -0.15) is 0 Å². The van der Waals surface area contributed by atoms with Crippen LogP contribution in [0.1, 0.15) is 22.3 Å². The number of para-hydroxylation sites is 1. The van der Waals surface area contributed by atoms with Crippen LogP contribution < -0.4 is 0 Å². The number of pyridine rings is 2. The van der Waals surface area contributed by atoms with Gasteiger partial charge in [0, 0.05) is 41.1 Å². The summed E-state index contributed by atoms with van der Waals surface area (Å²) in [6, 6.07) is 28.7. The highest BCUT2D eigenvalue weighted by Gasteiger charge is 2.50. The Morgan fingerprint density at radius 1 is 0.562 bits per heavy atom. The van der Waals surface area contributed by atoms with Crippen LogP contribution in [0.5, 0.6) is 0 Å². The van der Waals surface area contributed by atoms with Gasteiger partial charge < -0.3 is 4.57 Å². The van der Waals surface area contributed by atoms with Crippen LogP contribution in [-0.2, 0) is 5.41 Å². The van der Waals surface area contributed by atoms with E-state index in [1.54, 1.807) is 0 Å². The van der Waals surface area contributed by atoms with Gasteiger partial charge in [0.2, 0.25) is 0 Å². The number of aromatic nitrogens is 3. The Kier molecular flexibility index (Phi) is 2.83. The second kappa shape index (κ2) is 5.51. The van der Waals surface area contributed by atoms with Crippen molar-refractivity contribution in [1.82, 2.24) is 14.5 Å². The predicted octanol–water partition coefficient (Wildman–Crippen LogP) is 6.25. The third kappa shape index (κ3) is 1.65. The number of hydrogen-bond donors (Lipinski definition) is 0. The molecule has 1 aliphatic carbocycles. The molecule has 32 heavy (non-hydrogen) atoms. The zero-order valence-electron chi connectivity index (χ0n) is 17.2. The average Bonchev–Trinajstić information content (AvgIpc) is 3.35. The molecule has 0 saturated carbocycles. The second-order valence-corrected chi connectivity index (χ2v) is 8.66. The van der Waals surface area contributed by atoms with E-state index in [-0.39, 0.29) is 0 Å². The molecule has 8 rings (SSSR count). The Bertz CT molecular complexity index is 1700. The van der Waals surface area contributed by atoms with Gasteiger partial charge in [0.15, 0.2) is 0 Å². The topological polar surface area (TPSA) is 30.7 Å². The molecule has 3 aromatic heterocycles. The van der Waals surface area contributed by atoms with E-state index in [0.717, 1.165) is 0 Å². The van der Waals surface area contributed by atoms with E-state index >= 15 is 0 Å². The molecule has 0 bridgehead atoms. The fraction of sp³-hybridized carbons (Fsp3) is 0.0345. The van der Waals surface area contributed by atoms with Crippen molar-refractivity contribution in [2.24, 2.45) is 0 Å². The van der Waals surface area contributed by atoms with Gasteiger partial charge in [0.05, 0.1) is 22.1 Å². The number of benzene rings is 3. The molecule has 1 spiro atoms. The Morgan fingerprint density at radius 2 is 1.25 bits per heavy atom. The summed E-state index contributed by atoms with van der Waals surface area (Å²) in [6.45, 7) is 0. The lowest BCUT2D eigenvalue weighted by Crippen LogP contribution is -2.33. The van der Waals surface area contributed by atoms with Crippen LogP contribution in [0.4, 0.5) is 0 Å². The van der Waals surface area contributed by atoms with Crippen LogP contribution in [0.25, 0.3) is 38.6 Å². The molecule has 3 aromatic carbocycles. The molecule has 6 aromatic rings. The van der Waals surface area contributed by atoms with Crippen molar-refractivity contribution in [3.05, 3.63) is 126 Å². The minimum absolute atomic E-state index is 0.395. The summed E-state index contributed by atoms with van der Waals surface area (Å²) < 4.78 is 2.41. The summed E-state index contributed by atoms with van der Waals surface area (Å²) >= 11 is 0. The van der Waals surface area contributed by atoms with Gasteiger partial charge in [0.1, 0.15) is 0 Å². The molecule has 0 amide bonds. The summed E-state index contributed by atoms with van der Waals surface area (Å²) in [5, 5.41) is 2.43. The van der Waals surface area contributed by atoms with E-state index in [4.69, 9.17) is 0 Å². The largest absolute Gasteiger partial charge is 0.308 e. The zero-order valence-corrected chi connectivity index (χ0v) is 17.2. The molecule has 1 aliphatic heterocycles. The van der Waals surface area contributed by atoms with Crippen molar-refractivity contribution in [1.29, 1.82) is 0 Å². The molecule has 0 N–H and O–H groups in total. The van der Waals surface area contributed by atoms with Gasteiger partial charge in [0.25, 0.3) is 0 Å². The van der Waals surface area contributed by atoms with Gasteiger partial charge in [-0.3, -0.25) is 9.97 Å². The van der Waals surface area contributed by atoms with Gasteiger partial charge >= 0.3 is 0 Å². The van der Waals surface area contributed by atoms with Crippen molar-refractivity contribution in [2.75, 3.05) is 0 Å². The highest BCUT2D eigenvalue weighted by molar-refractivity contribution is 6.12. The number of hydrogen-bond acceptors (Lipinski definition) is 2. The molecule has 148 valence electrons. The van der Waals surface area contributed by atoms with E-state index in [1.165, 1.54) is 60.9 Å². The third-order valence-electron chi connectivity index (χ3n) is 7.39. The first kappa shape index (κ1) is 16.5. The first-order valence-electron chi connectivity index (χ1n) is 10.9. The van der Waals surface area contributed by atoms with Crippen molar-refractivity contribution in [3.8, 4) is 16.8 Å². The van der Waals surface area contributed by atoms with Crippen LogP contribution in [0.3, 0.4) is 0 Å². The lowest BCUT2D eigenvalue weighted by Gasteiger charge is -2.39. The van der Waals surface area contributed by atoms with Crippen LogP contribution >= 0.6 is 0 Å². The minimum atomic E-state index is -0.395. The second-order valence-electron chi connectivity index (χ2n) is 8.66. The molecule has 3 nitrogen and oxygen atoms in total. The maximum absolute atomic E-state index is 4.64. The smallest absolute Gasteiger partial charge is 0.0769 e. The average molecular weight is 407 g/mol. The van der Waals surface area contributed by atoms with E-state index in [2.05, 4.69) is 99.6 Å². The van der Waals surface area contributed by atoms with Crippen LogP contribution in [0.2, 0.25) is 0 Å². The van der Waals surface area contributed by atoms with E-state index in [0.29, 0.717) is 0 Å². The number of fused-ring (bicyclic) bond motifs is 12. The normalized spacial score (nSPS) is 14.5. The highest BCUT2D eigenvalue weighted by atomic mass is 15.0. The standard InChI is InChI=1S/C29H17N3/c1-3-9-22-18(6-1)19-7-2-4-10-23(19)29(22)24-11-5-8-20-21-16-30-14-12-26(21)32(28(20)24)27-13-15-31-17-25(27)29/h1-17H. The van der Waals surface area contributed by atoms with Crippen molar-refractivity contribution in [2.45, 2.75) is 5.41 Å². The quantitative estimate of drug-likeness (QED) is 0.297. The summed E-state index contributed by atoms with van der Waals surface area (Å²) in [4.78, 5) is 9.09. The summed E-state index contributed by atoms with van der Waals surface area (Å²) in [5.41, 5.74) is 11.1. The third-order valence-corrected chi connectivity index (χ3v) is 7.39. The molecular formula is C29H17N3. The van der Waals surface area contributed by atoms with Crippen LogP contribution in [0, 0.1) is 0 Å². The van der Waals surface area contributed by atoms with Gasteiger partial charge in [-0.15, -0.1) is 0 Å². The Balaban J connectivity index is 1.71. The van der Waals surface area contributed by atoms with E-state index in [1.807, 2.05) is 18.6 Å². The summed E-state index contributed by atoms with van der Waals surface area (Å²) in [7, 11) is 0.